The van der Waals surface area contributed by atoms with Crippen molar-refractivity contribution < 1.29 is 18.0 Å². The van der Waals surface area contributed by atoms with Gasteiger partial charge in [-0.15, -0.1) is 0 Å². The topological polar surface area (TPSA) is 44.4 Å². The van der Waals surface area contributed by atoms with Crippen molar-refractivity contribution in [2.75, 3.05) is 32.5 Å². The molecule has 0 saturated carbocycles. The van der Waals surface area contributed by atoms with E-state index in [1.807, 2.05) is 37.2 Å². The van der Waals surface area contributed by atoms with Gasteiger partial charge < -0.3 is 15.5 Å². The molecule has 26 heavy (non-hydrogen) atoms. The van der Waals surface area contributed by atoms with Gasteiger partial charge in [0.2, 0.25) is 5.91 Å². The summed E-state index contributed by atoms with van der Waals surface area (Å²) in [6.45, 7) is 1.28. The number of carbonyl (C=O) groups excluding carboxylic acids is 1. The zero-order valence-electron chi connectivity index (χ0n) is 14.7. The summed E-state index contributed by atoms with van der Waals surface area (Å²) in [7, 11) is 3.84. The zero-order chi connectivity index (χ0) is 19.2. The van der Waals surface area contributed by atoms with Gasteiger partial charge in [-0.05, 0) is 37.9 Å². The molecule has 2 N–H and O–H groups in total. The third-order valence-corrected chi connectivity index (χ3v) is 3.76. The van der Waals surface area contributed by atoms with Gasteiger partial charge in [-0.2, -0.15) is 13.2 Å². The highest BCUT2D eigenvalue weighted by atomic mass is 19.4. The first-order valence-corrected chi connectivity index (χ1v) is 8.18. The molecule has 0 fully saturated rings. The second-order valence-electron chi connectivity index (χ2n) is 6.17. The number of hydrogen-bond donors (Lipinski definition) is 2. The maximum absolute atomic E-state index is 12.8. The van der Waals surface area contributed by atoms with Crippen LogP contribution in [0.15, 0.2) is 54.6 Å². The van der Waals surface area contributed by atoms with E-state index < -0.39 is 23.7 Å². The molecule has 0 spiro atoms. The molecule has 0 saturated heterocycles. The van der Waals surface area contributed by atoms with Gasteiger partial charge >= 0.3 is 6.18 Å². The Morgan fingerprint density at radius 2 is 1.77 bits per heavy atom. The van der Waals surface area contributed by atoms with Crippen LogP contribution in [0.25, 0.3) is 0 Å². The van der Waals surface area contributed by atoms with Crippen LogP contribution in [0.3, 0.4) is 0 Å². The number of carbonyl (C=O) groups is 1. The van der Waals surface area contributed by atoms with Crippen molar-refractivity contribution in [3.63, 3.8) is 0 Å². The van der Waals surface area contributed by atoms with E-state index in [0.717, 1.165) is 24.2 Å². The van der Waals surface area contributed by atoms with Crippen LogP contribution in [0.1, 0.15) is 17.2 Å². The zero-order valence-corrected chi connectivity index (χ0v) is 14.7. The molecular weight excluding hydrogens is 343 g/mol. The first kappa shape index (κ1) is 19.9. The molecular formula is C19H22F3N3O. The van der Waals surface area contributed by atoms with E-state index in [9.17, 15) is 18.0 Å². The molecule has 0 aliphatic carbocycles. The van der Waals surface area contributed by atoms with Crippen molar-refractivity contribution in [2.24, 2.45) is 0 Å². The number of rotatable bonds is 7. The van der Waals surface area contributed by atoms with Crippen molar-refractivity contribution >= 4 is 11.6 Å². The van der Waals surface area contributed by atoms with E-state index in [4.69, 9.17) is 0 Å². The minimum atomic E-state index is -4.45. The Morgan fingerprint density at radius 1 is 1.08 bits per heavy atom. The molecule has 2 aromatic rings. The Balaban J connectivity index is 2.16. The summed E-state index contributed by atoms with van der Waals surface area (Å²) in [6.07, 6.45) is -4.45. The molecule has 1 amide bonds. The number of amides is 1. The minimum Gasteiger partial charge on any atom is -0.324 e. The van der Waals surface area contributed by atoms with Crippen LogP contribution in [0, 0.1) is 0 Å². The Bertz CT molecular complexity index is 717. The van der Waals surface area contributed by atoms with Crippen LogP contribution in [0.2, 0.25) is 0 Å². The third kappa shape index (κ3) is 5.86. The number of anilines is 1. The standard InChI is InChI=1S/C19H22F3N3O/c1-25(2)12-11-23-17(14-7-4-3-5-8-14)18(26)24-16-10-6-9-15(13-16)19(20,21)22/h3-10,13,17,23H,11-12H2,1-2H3,(H,24,26)/t17-/m0/s1. The van der Waals surface area contributed by atoms with Crippen molar-refractivity contribution in [3.8, 4) is 0 Å². The van der Waals surface area contributed by atoms with Gasteiger partial charge in [-0.3, -0.25) is 4.79 Å². The molecule has 0 bridgehead atoms. The molecule has 0 radical (unpaired) electrons. The van der Waals surface area contributed by atoms with Crippen LogP contribution in [-0.2, 0) is 11.0 Å². The summed E-state index contributed by atoms with van der Waals surface area (Å²) in [4.78, 5) is 14.7. The van der Waals surface area contributed by atoms with Crippen LogP contribution < -0.4 is 10.6 Å². The predicted octanol–water partition coefficient (Wildman–Crippen LogP) is 3.54. The lowest BCUT2D eigenvalue weighted by molar-refractivity contribution is -0.137. The van der Waals surface area contributed by atoms with Gasteiger partial charge in [0.25, 0.3) is 0 Å². The van der Waals surface area contributed by atoms with Crippen molar-refractivity contribution in [1.82, 2.24) is 10.2 Å². The molecule has 0 unspecified atom stereocenters. The average molecular weight is 365 g/mol. The summed E-state index contributed by atoms with van der Waals surface area (Å²) in [5.41, 5.74) is 0.0584. The van der Waals surface area contributed by atoms with E-state index in [0.29, 0.717) is 6.54 Å². The number of nitrogens with zero attached hydrogens (tertiary/aromatic N) is 1. The summed E-state index contributed by atoms with van der Waals surface area (Å²) >= 11 is 0. The number of hydrogen-bond acceptors (Lipinski definition) is 3. The van der Waals surface area contributed by atoms with E-state index in [1.54, 1.807) is 12.1 Å². The Kier molecular flexibility index (Phi) is 6.76. The molecule has 7 heteroatoms. The smallest absolute Gasteiger partial charge is 0.324 e. The van der Waals surface area contributed by atoms with Gasteiger partial charge in [0.15, 0.2) is 0 Å². The van der Waals surface area contributed by atoms with Crippen molar-refractivity contribution in [1.29, 1.82) is 0 Å². The molecule has 4 nitrogen and oxygen atoms in total. The summed E-state index contributed by atoms with van der Waals surface area (Å²) in [5.74, 6) is -0.408. The molecule has 0 aromatic heterocycles. The van der Waals surface area contributed by atoms with E-state index in [2.05, 4.69) is 10.6 Å². The Morgan fingerprint density at radius 3 is 2.38 bits per heavy atom. The monoisotopic (exact) mass is 365 g/mol. The fraction of sp³-hybridized carbons (Fsp3) is 0.316. The van der Waals surface area contributed by atoms with Gasteiger partial charge in [0.05, 0.1) is 5.56 Å². The Hall–Kier alpha value is -2.38. The number of nitrogens with one attached hydrogen (secondary N) is 2. The number of likely N-dealkylation sites (N-methyl/N-ethyl adjacent to an activating group) is 1. The molecule has 2 aromatic carbocycles. The lowest BCUT2D eigenvalue weighted by Crippen LogP contribution is -2.36. The van der Waals surface area contributed by atoms with Gasteiger partial charge in [-0.25, -0.2) is 0 Å². The van der Waals surface area contributed by atoms with Crippen LogP contribution in [-0.4, -0.2) is 38.0 Å². The fourth-order valence-electron chi connectivity index (χ4n) is 2.43. The maximum Gasteiger partial charge on any atom is 0.416 e. The SMILES string of the molecule is CN(C)CCN[C@H](C(=O)Nc1cccc(C(F)(F)F)c1)c1ccccc1. The van der Waals surface area contributed by atoms with Gasteiger partial charge in [0, 0.05) is 18.8 Å². The molecule has 0 heterocycles. The summed E-state index contributed by atoms with van der Waals surface area (Å²) in [6, 6.07) is 13.0. The largest absolute Gasteiger partial charge is 0.416 e. The van der Waals surface area contributed by atoms with Crippen LogP contribution in [0.4, 0.5) is 18.9 Å². The van der Waals surface area contributed by atoms with Gasteiger partial charge in [-0.1, -0.05) is 36.4 Å². The van der Waals surface area contributed by atoms with E-state index >= 15 is 0 Å². The van der Waals surface area contributed by atoms with Gasteiger partial charge in [0.1, 0.15) is 6.04 Å². The normalized spacial score (nSPS) is 12.8. The molecule has 0 aliphatic rings. The number of halogens is 3. The second-order valence-corrected chi connectivity index (χ2v) is 6.17. The molecule has 2 rings (SSSR count). The van der Waals surface area contributed by atoms with E-state index in [-0.39, 0.29) is 5.69 Å². The fourth-order valence-corrected chi connectivity index (χ4v) is 2.43. The predicted molar refractivity (Wildman–Crippen MR) is 95.8 cm³/mol. The minimum absolute atomic E-state index is 0.111. The quantitative estimate of drug-likeness (QED) is 0.789. The first-order chi connectivity index (χ1) is 12.3. The summed E-state index contributed by atoms with van der Waals surface area (Å²) < 4.78 is 38.5. The van der Waals surface area contributed by atoms with E-state index in [1.165, 1.54) is 12.1 Å². The highest BCUT2D eigenvalue weighted by Gasteiger charge is 2.30. The average Bonchev–Trinajstić information content (AvgIpc) is 2.58. The number of benzene rings is 2. The second kappa shape index (κ2) is 8.82. The van der Waals surface area contributed by atoms with Crippen molar-refractivity contribution in [3.05, 3.63) is 65.7 Å². The van der Waals surface area contributed by atoms with Crippen LogP contribution >= 0.6 is 0 Å². The maximum atomic E-state index is 12.8. The lowest BCUT2D eigenvalue weighted by atomic mass is 10.1. The first-order valence-electron chi connectivity index (χ1n) is 8.18. The molecule has 140 valence electrons. The highest BCUT2D eigenvalue weighted by Crippen LogP contribution is 2.30. The van der Waals surface area contributed by atoms with Crippen LogP contribution in [0.5, 0.6) is 0 Å². The molecule has 0 aliphatic heterocycles. The molecule has 1 atom stereocenters. The van der Waals surface area contributed by atoms with Crippen molar-refractivity contribution in [2.45, 2.75) is 12.2 Å². The highest BCUT2D eigenvalue weighted by molar-refractivity contribution is 5.95. The summed E-state index contributed by atoms with van der Waals surface area (Å²) in [5, 5.41) is 5.73. The number of alkyl halides is 3. The Labute approximate surface area is 151 Å². The third-order valence-electron chi connectivity index (χ3n) is 3.76. The lowest BCUT2D eigenvalue weighted by Gasteiger charge is -2.20.